The number of piperidine rings is 3. The lowest BCUT2D eigenvalue weighted by atomic mass is 9.66. The summed E-state index contributed by atoms with van der Waals surface area (Å²) in [6.45, 7) is 7.80. The highest BCUT2D eigenvalue weighted by atomic mass is 16.3. The van der Waals surface area contributed by atoms with Gasteiger partial charge in [-0.2, -0.15) is 0 Å². The number of nitrogens with zero attached hydrogens (tertiary/aromatic N) is 2. The molecule has 3 heterocycles. The number of rotatable bonds is 9. The molecule has 0 aromatic heterocycles. The number of aryl methyl sites for hydroxylation is 1. The van der Waals surface area contributed by atoms with Crippen molar-refractivity contribution in [1.82, 2.24) is 9.80 Å². The molecule has 0 amide bonds. The van der Waals surface area contributed by atoms with Crippen LogP contribution in [-0.2, 0) is 18.6 Å². The molecule has 3 saturated heterocycles. The Hall–Kier alpha value is -1.68. The van der Waals surface area contributed by atoms with Crippen molar-refractivity contribution in [3.63, 3.8) is 0 Å². The number of fused-ring (bicyclic) bond motifs is 3. The van der Waals surface area contributed by atoms with Gasteiger partial charge in [0.15, 0.2) is 0 Å². The maximum absolute atomic E-state index is 12.1. The summed E-state index contributed by atoms with van der Waals surface area (Å²) < 4.78 is 0. The molecule has 3 aliphatic rings. The molecule has 2 aromatic rings. The highest BCUT2D eigenvalue weighted by molar-refractivity contribution is 5.27. The summed E-state index contributed by atoms with van der Waals surface area (Å²) in [7, 11) is 2.19. The molecule has 2 unspecified atom stereocenters. The summed E-state index contributed by atoms with van der Waals surface area (Å²) in [5.74, 6) is 0.982. The molecular formula is C27H38N2O. The van der Waals surface area contributed by atoms with E-state index in [1.165, 1.54) is 43.5 Å². The van der Waals surface area contributed by atoms with Crippen LogP contribution in [0, 0.1) is 11.8 Å². The molecule has 1 N–H and O–H groups in total. The summed E-state index contributed by atoms with van der Waals surface area (Å²) >= 11 is 0. The summed E-state index contributed by atoms with van der Waals surface area (Å²) in [5.41, 5.74) is 3.06. The zero-order valence-corrected chi connectivity index (χ0v) is 18.8. The fraction of sp³-hybridized carbons (Fsp3) is 0.556. The van der Waals surface area contributed by atoms with Crippen molar-refractivity contribution in [3.8, 4) is 0 Å². The van der Waals surface area contributed by atoms with Crippen molar-refractivity contribution in [2.45, 2.75) is 51.2 Å². The summed E-state index contributed by atoms with van der Waals surface area (Å²) in [6.07, 6.45) is 5.36. The zero-order chi connectivity index (χ0) is 21.0. The van der Waals surface area contributed by atoms with E-state index in [1.54, 1.807) is 0 Å². The van der Waals surface area contributed by atoms with Gasteiger partial charge in [0.25, 0.3) is 0 Å². The molecule has 3 heteroatoms. The lowest BCUT2D eigenvalue weighted by Gasteiger charge is -2.51. The van der Waals surface area contributed by atoms with Crippen LogP contribution < -0.4 is 0 Å². The Morgan fingerprint density at radius 1 is 1.03 bits per heavy atom. The average Bonchev–Trinajstić information content (AvgIpc) is 2.79. The number of hydrogen-bond donors (Lipinski definition) is 1. The van der Waals surface area contributed by atoms with Gasteiger partial charge >= 0.3 is 0 Å². The van der Waals surface area contributed by atoms with Crippen molar-refractivity contribution in [2.75, 3.05) is 33.2 Å². The van der Waals surface area contributed by atoms with Gasteiger partial charge in [-0.1, -0.05) is 61.5 Å². The SMILES string of the molecule is CCCN(C)Cc1cccc(CCC(O)(c2ccccc2)C2CN3CCC2CC3)c1. The van der Waals surface area contributed by atoms with Crippen molar-refractivity contribution in [3.05, 3.63) is 71.3 Å². The molecule has 2 aromatic carbocycles. The predicted molar refractivity (Wildman–Crippen MR) is 124 cm³/mol. The molecule has 0 aliphatic carbocycles. The Kier molecular flexibility index (Phi) is 6.92. The topological polar surface area (TPSA) is 26.7 Å². The van der Waals surface area contributed by atoms with Crippen molar-refractivity contribution >= 4 is 0 Å². The molecule has 0 radical (unpaired) electrons. The van der Waals surface area contributed by atoms with Gasteiger partial charge in [0.1, 0.15) is 0 Å². The second kappa shape index (κ2) is 9.64. The van der Waals surface area contributed by atoms with Gasteiger partial charge in [-0.15, -0.1) is 0 Å². The van der Waals surface area contributed by atoms with Gasteiger partial charge in [0, 0.05) is 19.0 Å². The first-order valence-electron chi connectivity index (χ1n) is 11.8. The van der Waals surface area contributed by atoms with Gasteiger partial charge < -0.3 is 14.9 Å². The summed E-state index contributed by atoms with van der Waals surface area (Å²) in [5, 5.41) is 12.1. The van der Waals surface area contributed by atoms with Gasteiger partial charge in [0.2, 0.25) is 0 Å². The third-order valence-electron chi connectivity index (χ3n) is 7.39. The number of aliphatic hydroxyl groups is 1. The van der Waals surface area contributed by atoms with E-state index < -0.39 is 5.60 Å². The van der Waals surface area contributed by atoms with E-state index in [1.807, 2.05) is 0 Å². The molecule has 2 atom stereocenters. The van der Waals surface area contributed by atoms with E-state index in [0.29, 0.717) is 11.8 Å². The maximum Gasteiger partial charge on any atom is 0.0942 e. The van der Waals surface area contributed by atoms with Crippen molar-refractivity contribution in [1.29, 1.82) is 0 Å². The summed E-state index contributed by atoms with van der Waals surface area (Å²) in [6, 6.07) is 19.4. The second-order valence-electron chi connectivity index (χ2n) is 9.59. The third kappa shape index (κ3) is 4.80. The van der Waals surface area contributed by atoms with Crippen LogP contribution in [0.25, 0.3) is 0 Å². The second-order valence-corrected chi connectivity index (χ2v) is 9.59. The first-order chi connectivity index (χ1) is 14.6. The van der Waals surface area contributed by atoms with E-state index in [-0.39, 0.29) is 0 Å². The zero-order valence-electron chi connectivity index (χ0n) is 18.8. The maximum atomic E-state index is 12.1. The minimum Gasteiger partial charge on any atom is -0.385 e. The predicted octanol–water partition coefficient (Wildman–Crippen LogP) is 4.69. The van der Waals surface area contributed by atoms with E-state index in [2.05, 4.69) is 78.4 Å². The Morgan fingerprint density at radius 3 is 2.43 bits per heavy atom. The number of benzene rings is 2. The molecule has 162 valence electrons. The van der Waals surface area contributed by atoms with Crippen LogP contribution in [0.1, 0.15) is 49.3 Å². The smallest absolute Gasteiger partial charge is 0.0942 e. The summed E-state index contributed by atoms with van der Waals surface area (Å²) in [4.78, 5) is 4.94. The van der Waals surface area contributed by atoms with E-state index in [9.17, 15) is 5.11 Å². The Balaban J connectivity index is 1.52. The lowest BCUT2D eigenvalue weighted by molar-refractivity contribution is -0.106. The van der Waals surface area contributed by atoms with Gasteiger partial charge in [-0.05, 0) is 81.4 Å². The largest absolute Gasteiger partial charge is 0.385 e. The first kappa shape index (κ1) is 21.5. The minimum absolute atomic E-state index is 0.335. The van der Waals surface area contributed by atoms with E-state index in [4.69, 9.17) is 0 Å². The fourth-order valence-electron chi connectivity index (χ4n) is 5.77. The Morgan fingerprint density at radius 2 is 1.77 bits per heavy atom. The standard InChI is InChI=1S/C27H38N2O/c1-3-16-28(2)20-23-9-7-8-22(19-23)12-15-27(30,25-10-5-4-6-11-25)26-21-29-17-13-24(26)14-18-29/h4-11,19,24,26,30H,3,12-18,20-21H2,1-2H3. The number of hydrogen-bond acceptors (Lipinski definition) is 3. The molecule has 0 saturated carbocycles. The van der Waals surface area contributed by atoms with Gasteiger partial charge in [-0.3, -0.25) is 0 Å². The molecular weight excluding hydrogens is 368 g/mol. The quantitative estimate of drug-likeness (QED) is 0.654. The molecule has 30 heavy (non-hydrogen) atoms. The van der Waals surface area contributed by atoms with Crippen LogP contribution >= 0.6 is 0 Å². The van der Waals surface area contributed by atoms with E-state index in [0.717, 1.165) is 38.0 Å². The van der Waals surface area contributed by atoms with Crippen LogP contribution in [0.4, 0.5) is 0 Å². The van der Waals surface area contributed by atoms with Crippen LogP contribution in [0.2, 0.25) is 0 Å². The van der Waals surface area contributed by atoms with Crippen LogP contribution in [0.15, 0.2) is 54.6 Å². The van der Waals surface area contributed by atoms with Crippen molar-refractivity contribution < 1.29 is 5.11 Å². The Bertz CT molecular complexity index is 800. The van der Waals surface area contributed by atoms with Crippen molar-refractivity contribution in [2.24, 2.45) is 11.8 Å². The highest BCUT2D eigenvalue weighted by Crippen LogP contribution is 2.45. The van der Waals surface area contributed by atoms with Crippen LogP contribution in [0.3, 0.4) is 0 Å². The normalized spacial score (nSPS) is 25.4. The van der Waals surface area contributed by atoms with Crippen LogP contribution in [0.5, 0.6) is 0 Å². The Labute approximate surface area is 182 Å². The first-order valence-corrected chi connectivity index (χ1v) is 11.8. The minimum atomic E-state index is -0.750. The fourth-order valence-corrected chi connectivity index (χ4v) is 5.77. The van der Waals surface area contributed by atoms with E-state index >= 15 is 0 Å². The molecule has 3 aliphatic heterocycles. The molecule has 5 rings (SSSR count). The average molecular weight is 407 g/mol. The molecule has 3 fully saturated rings. The van der Waals surface area contributed by atoms with Gasteiger partial charge in [0.05, 0.1) is 5.60 Å². The van der Waals surface area contributed by atoms with Crippen LogP contribution in [-0.4, -0.2) is 48.1 Å². The molecule has 2 bridgehead atoms. The molecule has 0 spiro atoms. The molecule has 3 nitrogen and oxygen atoms in total. The monoisotopic (exact) mass is 406 g/mol. The lowest BCUT2D eigenvalue weighted by Crippen LogP contribution is -2.55. The van der Waals surface area contributed by atoms with Gasteiger partial charge in [-0.25, -0.2) is 0 Å². The highest BCUT2D eigenvalue weighted by Gasteiger charge is 2.47. The third-order valence-corrected chi connectivity index (χ3v) is 7.39.